The summed E-state index contributed by atoms with van der Waals surface area (Å²) in [5.74, 6) is -1.33. The van der Waals surface area contributed by atoms with Gasteiger partial charge in [0, 0.05) is 5.56 Å². The Bertz CT molecular complexity index is 954. The van der Waals surface area contributed by atoms with Crippen molar-refractivity contribution in [1.82, 2.24) is 10.2 Å². The molecule has 1 heterocycles. The summed E-state index contributed by atoms with van der Waals surface area (Å²) in [4.78, 5) is 38.7. The molecule has 2 aliphatic rings. The number of imide groups is 1. The first-order valence-electron chi connectivity index (χ1n) is 8.93. The van der Waals surface area contributed by atoms with Crippen LogP contribution in [0.15, 0.2) is 42.5 Å². The van der Waals surface area contributed by atoms with Crippen molar-refractivity contribution < 1.29 is 18.8 Å². The molecule has 6 heteroatoms. The van der Waals surface area contributed by atoms with Gasteiger partial charge in [0.1, 0.15) is 11.4 Å². The third-order valence-electron chi connectivity index (χ3n) is 5.42. The smallest absolute Gasteiger partial charge is 0.319 e. The maximum Gasteiger partial charge on any atom is 0.325 e. The lowest BCUT2D eigenvalue weighted by molar-refractivity contribution is -0.130. The van der Waals surface area contributed by atoms with Gasteiger partial charge >= 0.3 is 6.03 Å². The lowest BCUT2D eigenvalue weighted by atomic mass is 9.89. The van der Waals surface area contributed by atoms with Crippen molar-refractivity contribution >= 4 is 17.7 Å². The van der Waals surface area contributed by atoms with E-state index in [0.717, 1.165) is 29.7 Å². The number of carbonyl (C=O) groups excluding carboxylic acids is 3. The molecule has 2 aromatic carbocycles. The maximum atomic E-state index is 13.0. The van der Waals surface area contributed by atoms with E-state index in [0.29, 0.717) is 0 Å². The number of nitrogens with one attached hydrogen (secondary N) is 1. The van der Waals surface area contributed by atoms with Crippen molar-refractivity contribution in [2.75, 3.05) is 6.54 Å². The lowest BCUT2D eigenvalue weighted by Gasteiger charge is -2.23. The zero-order valence-electron chi connectivity index (χ0n) is 14.9. The summed E-state index contributed by atoms with van der Waals surface area (Å²) in [5, 5.41) is 2.73. The van der Waals surface area contributed by atoms with Crippen LogP contribution in [0.4, 0.5) is 9.18 Å². The molecule has 138 valence electrons. The van der Waals surface area contributed by atoms with Crippen molar-refractivity contribution in [3.8, 4) is 0 Å². The molecule has 1 aliphatic heterocycles. The van der Waals surface area contributed by atoms with Crippen LogP contribution in [0.1, 0.15) is 40.4 Å². The second kappa shape index (κ2) is 6.30. The van der Waals surface area contributed by atoms with Gasteiger partial charge in [0.15, 0.2) is 5.78 Å². The Kier molecular flexibility index (Phi) is 4.06. The minimum Gasteiger partial charge on any atom is -0.319 e. The molecule has 1 saturated heterocycles. The highest BCUT2D eigenvalue weighted by molar-refractivity contribution is 6.11. The normalized spacial score (nSPS) is 21.3. The molecule has 1 atom stereocenters. The van der Waals surface area contributed by atoms with E-state index in [1.165, 1.54) is 35.4 Å². The Labute approximate surface area is 156 Å². The molecule has 5 nitrogen and oxygen atoms in total. The SMILES string of the molecule is C[C@@]1(c2ccc3c(c2)CCC3)NC(=O)N(CC(=O)c2ccc(F)cc2)C1=O. The molecule has 1 fully saturated rings. The first kappa shape index (κ1) is 17.4. The van der Waals surface area contributed by atoms with Crippen LogP contribution in [0.5, 0.6) is 0 Å². The third kappa shape index (κ3) is 2.91. The zero-order chi connectivity index (χ0) is 19.2. The average Bonchev–Trinajstić information content (AvgIpc) is 3.20. The Balaban J connectivity index is 1.58. The molecule has 0 radical (unpaired) electrons. The van der Waals surface area contributed by atoms with Gasteiger partial charge in [0.05, 0.1) is 6.54 Å². The van der Waals surface area contributed by atoms with Crippen molar-refractivity contribution in [3.63, 3.8) is 0 Å². The summed E-state index contributed by atoms with van der Waals surface area (Å²) in [6.45, 7) is 1.28. The number of aryl methyl sites for hydroxylation is 2. The van der Waals surface area contributed by atoms with Crippen LogP contribution in [0, 0.1) is 5.82 Å². The lowest BCUT2D eigenvalue weighted by Crippen LogP contribution is -2.41. The summed E-state index contributed by atoms with van der Waals surface area (Å²) in [6, 6.07) is 10.3. The molecule has 3 amide bonds. The molecule has 0 aromatic heterocycles. The molecule has 0 spiro atoms. The topological polar surface area (TPSA) is 66.5 Å². The summed E-state index contributed by atoms with van der Waals surface area (Å²) < 4.78 is 13.0. The number of halogens is 1. The molecule has 2 aromatic rings. The molecule has 0 unspecified atom stereocenters. The van der Waals surface area contributed by atoms with Crippen LogP contribution < -0.4 is 5.32 Å². The molecule has 4 rings (SSSR count). The number of carbonyl (C=O) groups is 3. The van der Waals surface area contributed by atoms with Crippen LogP contribution in [-0.2, 0) is 23.2 Å². The predicted molar refractivity (Wildman–Crippen MR) is 96.8 cm³/mol. The second-order valence-corrected chi connectivity index (χ2v) is 7.21. The zero-order valence-corrected chi connectivity index (χ0v) is 14.9. The fraction of sp³-hybridized carbons (Fsp3) is 0.286. The Hall–Kier alpha value is -3.02. The molecule has 27 heavy (non-hydrogen) atoms. The van der Waals surface area contributed by atoms with Gasteiger partial charge in [-0.25, -0.2) is 9.18 Å². The van der Waals surface area contributed by atoms with Crippen LogP contribution in [0.3, 0.4) is 0 Å². The van der Waals surface area contributed by atoms with Gasteiger partial charge in [-0.15, -0.1) is 0 Å². The molecular weight excluding hydrogens is 347 g/mol. The largest absolute Gasteiger partial charge is 0.325 e. The van der Waals surface area contributed by atoms with Gasteiger partial charge in [0.25, 0.3) is 5.91 Å². The molecule has 1 aliphatic carbocycles. The number of amides is 3. The standard InChI is InChI=1S/C21H19FN2O3/c1-21(16-8-5-13-3-2-4-15(13)11-16)19(26)24(20(27)23-21)12-18(25)14-6-9-17(22)10-7-14/h5-11H,2-4,12H2,1H3,(H,23,27)/t21-/m0/s1. The van der Waals surface area contributed by atoms with Gasteiger partial charge in [-0.05, 0) is 67.1 Å². The molecular formula is C21H19FN2O3. The minimum absolute atomic E-state index is 0.253. The first-order valence-corrected chi connectivity index (χ1v) is 8.93. The molecule has 0 bridgehead atoms. The summed E-state index contributed by atoms with van der Waals surface area (Å²) in [5.41, 5.74) is 2.26. The number of hydrogen-bond donors (Lipinski definition) is 1. The van der Waals surface area contributed by atoms with E-state index in [9.17, 15) is 18.8 Å². The third-order valence-corrected chi connectivity index (χ3v) is 5.42. The van der Waals surface area contributed by atoms with Crippen molar-refractivity contribution in [2.45, 2.75) is 31.7 Å². The predicted octanol–water partition coefficient (Wildman–Crippen LogP) is 2.96. The second-order valence-electron chi connectivity index (χ2n) is 7.21. The number of Topliss-reactive ketones (excluding diaryl/α,β-unsaturated/α-hetero) is 1. The Morgan fingerprint density at radius 2 is 1.81 bits per heavy atom. The van der Waals surface area contributed by atoms with Gasteiger partial charge < -0.3 is 5.32 Å². The highest BCUT2D eigenvalue weighted by Gasteiger charge is 2.49. The average molecular weight is 366 g/mol. The van der Waals surface area contributed by atoms with E-state index in [1.807, 2.05) is 18.2 Å². The summed E-state index contributed by atoms with van der Waals surface area (Å²) in [7, 11) is 0. The quantitative estimate of drug-likeness (QED) is 0.668. The number of nitrogens with zero attached hydrogens (tertiary/aromatic N) is 1. The number of rotatable bonds is 4. The van der Waals surface area contributed by atoms with Crippen molar-refractivity contribution in [2.24, 2.45) is 0 Å². The summed E-state index contributed by atoms with van der Waals surface area (Å²) in [6.07, 6.45) is 3.09. The first-order chi connectivity index (χ1) is 12.9. The fourth-order valence-electron chi connectivity index (χ4n) is 3.79. The van der Waals surface area contributed by atoms with E-state index < -0.39 is 29.1 Å². The van der Waals surface area contributed by atoms with Crippen molar-refractivity contribution in [3.05, 3.63) is 70.5 Å². The number of fused-ring (bicyclic) bond motifs is 1. The van der Waals surface area contributed by atoms with Crippen LogP contribution in [-0.4, -0.2) is 29.2 Å². The van der Waals surface area contributed by atoms with Gasteiger partial charge in [-0.2, -0.15) is 0 Å². The van der Waals surface area contributed by atoms with Gasteiger partial charge in [-0.1, -0.05) is 18.2 Å². The van der Waals surface area contributed by atoms with Crippen LogP contribution in [0.2, 0.25) is 0 Å². The fourth-order valence-corrected chi connectivity index (χ4v) is 3.79. The summed E-state index contributed by atoms with van der Waals surface area (Å²) >= 11 is 0. The number of ketones is 1. The van der Waals surface area contributed by atoms with Gasteiger partial charge in [0.2, 0.25) is 0 Å². The Morgan fingerprint density at radius 3 is 2.56 bits per heavy atom. The van der Waals surface area contributed by atoms with Gasteiger partial charge in [-0.3, -0.25) is 14.5 Å². The number of hydrogen-bond acceptors (Lipinski definition) is 3. The maximum absolute atomic E-state index is 13.0. The van der Waals surface area contributed by atoms with Crippen molar-refractivity contribution in [1.29, 1.82) is 0 Å². The highest BCUT2D eigenvalue weighted by atomic mass is 19.1. The highest BCUT2D eigenvalue weighted by Crippen LogP contribution is 2.32. The Morgan fingerprint density at radius 1 is 1.11 bits per heavy atom. The minimum atomic E-state index is -1.20. The monoisotopic (exact) mass is 366 g/mol. The van der Waals surface area contributed by atoms with E-state index in [4.69, 9.17) is 0 Å². The van der Waals surface area contributed by atoms with E-state index >= 15 is 0 Å². The van der Waals surface area contributed by atoms with E-state index in [2.05, 4.69) is 5.32 Å². The molecule has 0 saturated carbocycles. The van der Waals surface area contributed by atoms with Crippen LogP contribution in [0.25, 0.3) is 0 Å². The number of benzene rings is 2. The number of urea groups is 1. The van der Waals surface area contributed by atoms with Crippen LogP contribution >= 0.6 is 0 Å². The van der Waals surface area contributed by atoms with E-state index in [-0.39, 0.29) is 12.1 Å². The molecule has 1 N–H and O–H groups in total. The van der Waals surface area contributed by atoms with E-state index in [1.54, 1.807) is 6.92 Å².